The highest BCUT2D eigenvalue weighted by atomic mass is 16.5. The number of hydrogen-bond acceptors (Lipinski definition) is 3. The number of aryl methyl sites for hydroxylation is 1. The summed E-state index contributed by atoms with van der Waals surface area (Å²) in [4.78, 5) is 0. The van der Waals surface area contributed by atoms with Crippen molar-refractivity contribution in [2.24, 2.45) is 5.84 Å². The molecule has 2 atom stereocenters. The van der Waals surface area contributed by atoms with Gasteiger partial charge >= 0.3 is 0 Å². The molecular weight excluding hydrogens is 212 g/mol. The Bertz CT molecular complexity index is 331. The second-order valence-corrected chi connectivity index (χ2v) is 4.64. The average Bonchev–Trinajstić information content (AvgIpc) is 2.42. The first kappa shape index (κ1) is 12.6. The van der Waals surface area contributed by atoms with Crippen molar-refractivity contribution >= 4 is 0 Å². The van der Waals surface area contributed by atoms with Crippen molar-refractivity contribution in [2.75, 3.05) is 6.61 Å². The molecule has 0 bridgehead atoms. The largest absolute Gasteiger partial charge is 0.376 e. The number of hydrogen-bond donors (Lipinski definition) is 2. The highest BCUT2D eigenvalue weighted by Gasteiger charge is 2.24. The Labute approximate surface area is 103 Å². The van der Waals surface area contributed by atoms with Gasteiger partial charge in [-0.3, -0.25) is 11.3 Å². The minimum Gasteiger partial charge on any atom is -0.376 e. The SMILES string of the molecule is CCc1ccc(C(NN)C2CCCCO2)cc1. The molecule has 3 heteroatoms. The van der Waals surface area contributed by atoms with Crippen LogP contribution in [0.4, 0.5) is 0 Å². The third-order valence-electron chi connectivity index (χ3n) is 3.51. The molecule has 1 aliphatic rings. The Hall–Kier alpha value is -0.900. The zero-order chi connectivity index (χ0) is 12.1. The molecule has 17 heavy (non-hydrogen) atoms. The van der Waals surface area contributed by atoms with Crippen molar-refractivity contribution in [1.82, 2.24) is 5.43 Å². The van der Waals surface area contributed by atoms with Gasteiger partial charge in [-0.15, -0.1) is 0 Å². The van der Waals surface area contributed by atoms with Gasteiger partial charge in [0.1, 0.15) is 0 Å². The fourth-order valence-electron chi connectivity index (χ4n) is 2.41. The van der Waals surface area contributed by atoms with Gasteiger partial charge in [-0.2, -0.15) is 0 Å². The van der Waals surface area contributed by atoms with Crippen LogP contribution in [-0.4, -0.2) is 12.7 Å². The second kappa shape index (κ2) is 6.15. The Kier molecular flexibility index (Phi) is 4.54. The van der Waals surface area contributed by atoms with Crippen molar-refractivity contribution in [3.63, 3.8) is 0 Å². The lowest BCUT2D eigenvalue weighted by molar-refractivity contribution is -0.00822. The van der Waals surface area contributed by atoms with Gasteiger partial charge in [-0.25, -0.2) is 0 Å². The van der Waals surface area contributed by atoms with E-state index >= 15 is 0 Å². The molecule has 1 aliphatic heterocycles. The van der Waals surface area contributed by atoms with Crippen LogP contribution in [0.2, 0.25) is 0 Å². The summed E-state index contributed by atoms with van der Waals surface area (Å²) in [5, 5.41) is 0. The van der Waals surface area contributed by atoms with E-state index < -0.39 is 0 Å². The first-order valence-corrected chi connectivity index (χ1v) is 6.51. The molecule has 94 valence electrons. The molecule has 0 spiro atoms. The van der Waals surface area contributed by atoms with E-state index in [0.717, 1.165) is 19.4 Å². The molecule has 2 unspecified atom stereocenters. The number of benzene rings is 1. The second-order valence-electron chi connectivity index (χ2n) is 4.64. The fourth-order valence-corrected chi connectivity index (χ4v) is 2.41. The number of nitrogens with one attached hydrogen (secondary N) is 1. The van der Waals surface area contributed by atoms with Crippen LogP contribution < -0.4 is 11.3 Å². The van der Waals surface area contributed by atoms with E-state index in [0.29, 0.717) is 0 Å². The molecule has 1 aromatic carbocycles. The highest BCUT2D eigenvalue weighted by molar-refractivity contribution is 5.25. The summed E-state index contributed by atoms with van der Waals surface area (Å²) >= 11 is 0. The van der Waals surface area contributed by atoms with Crippen molar-refractivity contribution in [1.29, 1.82) is 0 Å². The molecule has 0 saturated carbocycles. The number of rotatable bonds is 4. The summed E-state index contributed by atoms with van der Waals surface area (Å²) in [5.41, 5.74) is 5.48. The standard InChI is InChI=1S/C14H22N2O/c1-2-11-6-8-12(9-7-11)14(16-15)13-5-3-4-10-17-13/h6-9,13-14,16H,2-5,10,15H2,1H3. The maximum absolute atomic E-state index is 5.80. The van der Waals surface area contributed by atoms with Crippen molar-refractivity contribution < 1.29 is 4.74 Å². The Morgan fingerprint density at radius 2 is 2.12 bits per heavy atom. The molecule has 1 saturated heterocycles. The first-order valence-electron chi connectivity index (χ1n) is 6.51. The highest BCUT2D eigenvalue weighted by Crippen LogP contribution is 2.26. The van der Waals surface area contributed by atoms with Gasteiger partial charge in [0.15, 0.2) is 0 Å². The molecule has 0 radical (unpaired) electrons. The third-order valence-corrected chi connectivity index (χ3v) is 3.51. The molecule has 3 N–H and O–H groups in total. The van der Waals surface area contributed by atoms with Gasteiger partial charge in [0, 0.05) is 6.61 Å². The third kappa shape index (κ3) is 3.06. The molecule has 0 aliphatic carbocycles. The van der Waals surface area contributed by atoms with Crippen LogP contribution >= 0.6 is 0 Å². The zero-order valence-electron chi connectivity index (χ0n) is 10.5. The summed E-state index contributed by atoms with van der Waals surface area (Å²) in [6.45, 7) is 3.02. The van der Waals surface area contributed by atoms with Crippen molar-refractivity contribution in [3.05, 3.63) is 35.4 Å². The van der Waals surface area contributed by atoms with Gasteiger partial charge in [0.25, 0.3) is 0 Å². The topological polar surface area (TPSA) is 47.3 Å². The van der Waals surface area contributed by atoms with E-state index in [1.807, 2.05) is 0 Å². The molecule has 1 fully saturated rings. The van der Waals surface area contributed by atoms with Gasteiger partial charge in [-0.05, 0) is 36.8 Å². The Balaban J connectivity index is 2.10. The molecular formula is C14H22N2O. The summed E-state index contributed by atoms with van der Waals surface area (Å²) in [5.74, 6) is 5.68. The maximum Gasteiger partial charge on any atom is 0.0782 e. The zero-order valence-corrected chi connectivity index (χ0v) is 10.5. The van der Waals surface area contributed by atoms with Crippen molar-refractivity contribution in [3.8, 4) is 0 Å². The van der Waals surface area contributed by atoms with Crippen LogP contribution in [-0.2, 0) is 11.2 Å². The van der Waals surface area contributed by atoms with Gasteiger partial charge in [0.05, 0.1) is 12.1 Å². The number of hydrazine groups is 1. The molecule has 2 rings (SSSR count). The average molecular weight is 234 g/mol. The molecule has 0 aromatic heterocycles. The van der Waals surface area contributed by atoms with Crippen LogP contribution in [0.3, 0.4) is 0 Å². The Morgan fingerprint density at radius 3 is 2.65 bits per heavy atom. The van der Waals surface area contributed by atoms with Crippen LogP contribution in [0.25, 0.3) is 0 Å². The number of nitrogens with two attached hydrogens (primary N) is 1. The lowest BCUT2D eigenvalue weighted by Crippen LogP contribution is -2.39. The summed E-state index contributed by atoms with van der Waals surface area (Å²) < 4.78 is 5.80. The minimum absolute atomic E-state index is 0.112. The van der Waals surface area contributed by atoms with Crippen LogP contribution in [0, 0.1) is 0 Å². The fraction of sp³-hybridized carbons (Fsp3) is 0.571. The van der Waals surface area contributed by atoms with E-state index in [4.69, 9.17) is 10.6 Å². The summed E-state index contributed by atoms with van der Waals surface area (Å²) in [6.07, 6.45) is 4.77. The molecule has 0 amide bonds. The molecule has 3 nitrogen and oxygen atoms in total. The van der Waals surface area contributed by atoms with Crippen molar-refractivity contribution in [2.45, 2.75) is 44.8 Å². The van der Waals surface area contributed by atoms with E-state index in [2.05, 4.69) is 36.6 Å². The van der Waals surface area contributed by atoms with E-state index in [1.54, 1.807) is 0 Å². The monoisotopic (exact) mass is 234 g/mol. The lowest BCUT2D eigenvalue weighted by atomic mass is 9.95. The van der Waals surface area contributed by atoms with E-state index in [1.165, 1.54) is 24.0 Å². The quantitative estimate of drug-likeness (QED) is 0.621. The Morgan fingerprint density at radius 1 is 1.35 bits per heavy atom. The minimum atomic E-state index is 0.112. The lowest BCUT2D eigenvalue weighted by Gasteiger charge is -2.30. The van der Waals surface area contributed by atoms with Crippen LogP contribution in [0.5, 0.6) is 0 Å². The van der Waals surface area contributed by atoms with E-state index in [-0.39, 0.29) is 12.1 Å². The smallest absolute Gasteiger partial charge is 0.0782 e. The maximum atomic E-state index is 5.80. The van der Waals surface area contributed by atoms with Crippen LogP contribution in [0.15, 0.2) is 24.3 Å². The normalized spacial score (nSPS) is 22.4. The predicted octanol–water partition coefficient (Wildman–Crippen LogP) is 2.32. The van der Waals surface area contributed by atoms with E-state index in [9.17, 15) is 0 Å². The summed E-state index contributed by atoms with van der Waals surface area (Å²) in [6, 6.07) is 8.76. The molecule has 1 heterocycles. The first-order chi connectivity index (χ1) is 8.35. The van der Waals surface area contributed by atoms with Gasteiger partial charge in [0.2, 0.25) is 0 Å². The van der Waals surface area contributed by atoms with Crippen LogP contribution in [0.1, 0.15) is 43.4 Å². The van der Waals surface area contributed by atoms with Gasteiger partial charge in [-0.1, -0.05) is 31.2 Å². The number of ether oxygens (including phenoxy) is 1. The molecule has 1 aromatic rings. The van der Waals surface area contributed by atoms with Gasteiger partial charge < -0.3 is 4.74 Å². The predicted molar refractivity (Wildman–Crippen MR) is 69.5 cm³/mol. The summed E-state index contributed by atoms with van der Waals surface area (Å²) in [7, 11) is 0.